The zero-order chi connectivity index (χ0) is 9.64. The van der Waals surface area contributed by atoms with Crippen LogP contribution < -0.4 is 5.73 Å². The third-order valence-corrected chi connectivity index (χ3v) is 2.04. The Labute approximate surface area is 76.1 Å². The van der Waals surface area contributed by atoms with Gasteiger partial charge in [-0.15, -0.1) is 0 Å². The van der Waals surface area contributed by atoms with E-state index in [4.69, 9.17) is 19.9 Å². The second-order valence-corrected chi connectivity index (χ2v) is 3.68. The molecule has 3 N–H and O–H groups in total. The van der Waals surface area contributed by atoms with Crippen LogP contribution in [0.15, 0.2) is 11.7 Å². The Kier molecular flexibility index (Phi) is 1.68. The summed E-state index contributed by atoms with van der Waals surface area (Å²) in [6.07, 6.45) is -0.385. The average molecular weight is 187 g/mol. The van der Waals surface area contributed by atoms with Gasteiger partial charge in [-0.2, -0.15) is 0 Å². The van der Waals surface area contributed by atoms with Crippen molar-refractivity contribution in [3.8, 4) is 0 Å². The van der Waals surface area contributed by atoms with Crippen LogP contribution in [-0.2, 0) is 14.2 Å². The van der Waals surface area contributed by atoms with E-state index in [9.17, 15) is 5.11 Å². The van der Waals surface area contributed by atoms with E-state index in [2.05, 4.69) is 0 Å². The minimum Gasteiger partial charge on any atom is -0.478 e. The van der Waals surface area contributed by atoms with Crippen LogP contribution in [0.3, 0.4) is 0 Å². The zero-order valence-corrected chi connectivity index (χ0v) is 7.61. The van der Waals surface area contributed by atoms with Crippen molar-refractivity contribution >= 4 is 0 Å². The number of hydrogen-bond donors (Lipinski definition) is 2. The van der Waals surface area contributed by atoms with Crippen LogP contribution in [0.1, 0.15) is 13.8 Å². The number of nitrogens with two attached hydrogens (primary N) is 1. The van der Waals surface area contributed by atoms with Crippen LogP contribution in [0.2, 0.25) is 0 Å². The fourth-order valence-corrected chi connectivity index (χ4v) is 1.49. The Morgan fingerprint density at radius 1 is 1.54 bits per heavy atom. The molecule has 1 saturated heterocycles. The fraction of sp³-hybridized carbons (Fsp3) is 0.750. The largest absolute Gasteiger partial charge is 0.478 e. The quantitative estimate of drug-likeness (QED) is 0.567. The highest BCUT2D eigenvalue weighted by molar-refractivity contribution is 5.12. The van der Waals surface area contributed by atoms with E-state index in [1.54, 1.807) is 13.8 Å². The third-order valence-electron chi connectivity index (χ3n) is 2.04. The molecule has 13 heavy (non-hydrogen) atoms. The molecule has 2 rings (SSSR count). The van der Waals surface area contributed by atoms with Gasteiger partial charge in [0, 0.05) is 13.8 Å². The SMILES string of the molecule is CC1(C)OC2=C(O)OCC(N)C2O1. The monoisotopic (exact) mass is 187 g/mol. The van der Waals surface area contributed by atoms with E-state index in [-0.39, 0.29) is 24.7 Å². The number of ether oxygens (including phenoxy) is 3. The van der Waals surface area contributed by atoms with Gasteiger partial charge in [-0.3, -0.25) is 0 Å². The molecule has 2 unspecified atom stereocenters. The van der Waals surface area contributed by atoms with Gasteiger partial charge in [-0.05, 0) is 0 Å². The molecule has 0 aromatic heterocycles. The smallest absolute Gasteiger partial charge is 0.319 e. The lowest BCUT2D eigenvalue weighted by Gasteiger charge is -2.23. The van der Waals surface area contributed by atoms with E-state index in [1.165, 1.54) is 0 Å². The molecular weight excluding hydrogens is 174 g/mol. The van der Waals surface area contributed by atoms with Gasteiger partial charge < -0.3 is 25.1 Å². The van der Waals surface area contributed by atoms with Gasteiger partial charge in [0.05, 0.1) is 6.04 Å². The molecule has 0 aromatic rings. The standard InChI is InChI=1S/C8H13NO4/c1-8(2)12-5-4(9)3-11-7(10)6(5)13-8/h4-5,10H,3,9H2,1-2H3. The van der Waals surface area contributed by atoms with Gasteiger partial charge in [0.15, 0.2) is 0 Å². The fourth-order valence-electron chi connectivity index (χ4n) is 1.49. The molecule has 2 atom stereocenters. The normalized spacial score (nSPS) is 36.5. The average Bonchev–Trinajstić information content (AvgIpc) is 2.35. The van der Waals surface area contributed by atoms with Crippen molar-refractivity contribution in [2.24, 2.45) is 5.73 Å². The third kappa shape index (κ3) is 1.34. The van der Waals surface area contributed by atoms with Crippen molar-refractivity contribution in [3.05, 3.63) is 11.7 Å². The lowest BCUT2D eigenvalue weighted by atomic mass is 10.1. The number of aliphatic hydroxyl groups excluding tert-OH is 1. The molecule has 0 amide bonds. The van der Waals surface area contributed by atoms with Gasteiger partial charge in [0.1, 0.15) is 12.7 Å². The van der Waals surface area contributed by atoms with E-state index < -0.39 is 5.79 Å². The molecular formula is C8H13NO4. The maximum Gasteiger partial charge on any atom is 0.319 e. The minimum atomic E-state index is -0.737. The molecule has 0 saturated carbocycles. The summed E-state index contributed by atoms with van der Waals surface area (Å²) in [7, 11) is 0. The number of hydrogen-bond acceptors (Lipinski definition) is 5. The van der Waals surface area contributed by atoms with Crippen molar-refractivity contribution in [2.45, 2.75) is 31.8 Å². The summed E-state index contributed by atoms with van der Waals surface area (Å²) in [6.45, 7) is 3.77. The number of aliphatic hydroxyl groups is 1. The molecule has 0 radical (unpaired) electrons. The Morgan fingerprint density at radius 3 is 2.85 bits per heavy atom. The molecule has 0 aromatic carbocycles. The summed E-state index contributed by atoms with van der Waals surface area (Å²) in [5.41, 5.74) is 5.73. The molecule has 5 heteroatoms. The lowest BCUT2D eigenvalue weighted by Crippen LogP contribution is -2.43. The molecule has 0 bridgehead atoms. The van der Waals surface area contributed by atoms with Crippen LogP contribution >= 0.6 is 0 Å². The zero-order valence-electron chi connectivity index (χ0n) is 7.61. The number of rotatable bonds is 0. The predicted molar refractivity (Wildman–Crippen MR) is 43.6 cm³/mol. The van der Waals surface area contributed by atoms with Crippen LogP contribution in [0.5, 0.6) is 0 Å². The van der Waals surface area contributed by atoms with Gasteiger partial charge in [-0.1, -0.05) is 0 Å². The Morgan fingerprint density at radius 2 is 2.23 bits per heavy atom. The van der Waals surface area contributed by atoms with Crippen molar-refractivity contribution in [1.29, 1.82) is 0 Å². The summed E-state index contributed by atoms with van der Waals surface area (Å²) in [5, 5.41) is 9.33. The molecule has 2 aliphatic heterocycles. The molecule has 0 spiro atoms. The van der Waals surface area contributed by atoms with E-state index >= 15 is 0 Å². The van der Waals surface area contributed by atoms with Crippen molar-refractivity contribution in [2.75, 3.05) is 6.61 Å². The first kappa shape index (κ1) is 8.65. The van der Waals surface area contributed by atoms with Crippen LogP contribution in [0.25, 0.3) is 0 Å². The highest BCUT2D eigenvalue weighted by Gasteiger charge is 2.46. The maximum absolute atomic E-state index is 9.33. The Hall–Kier alpha value is -0.940. The first-order chi connectivity index (χ1) is 5.99. The second-order valence-electron chi connectivity index (χ2n) is 3.68. The van der Waals surface area contributed by atoms with Gasteiger partial charge >= 0.3 is 5.95 Å². The summed E-state index contributed by atoms with van der Waals surface area (Å²) in [5.74, 6) is -0.639. The molecule has 0 aliphatic carbocycles. The molecule has 1 fully saturated rings. The summed E-state index contributed by atoms with van der Waals surface area (Å²) in [4.78, 5) is 0. The van der Waals surface area contributed by atoms with E-state index in [0.29, 0.717) is 5.76 Å². The molecule has 2 aliphatic rings. The maximum atomic E-state index is 9.33. The summed E-state index contributed by atoms with van der Waals surface area (Å²) in [6, 6.07) is -0.285. The minimum absolute atomic E-state index is 0.211. The lowest BCUT2D eigenvalue weighted by molar-refractivity contribution is -0.135. The highest BCUT2D eigenvalue weighted by atomic mass is 16.8. The van der Waals surface area contributed by atoms with Crippen LogP contribution in [0, 0.1) is 0 Å². The predicted octanol–water partition coefficient (Wildman–Crippen LogP) is 0.223. The number of fused-ring (bicyclic) bond motifs is 1. The van der Waals surface area contributed by atoms with E-state index in [0.717, 1.165) is 0 Å². The highest BCUT2D eigenvalue weighted by Crippen LogP contribution is 2.35. The Bertz CT molecular complexity index is 261. The summed E-state index contributed by atoms with van der Waals surface area (Å²) >= 11 is 0. The van der Waals surface area contributed by atoms with Crippen LogP contribution in [0.4, 0.5) is 0 Å². The van der Waals surface area contributed by atoms with E-state index in [1.807, 2.05) is 0 Å². The van der Waals surface area contributed by atoms with Gasteiger partial charge in [-0.25, -0.2) is 0 Å². The molecule has 2 heterocycles. The van der Waals surface area contributed by atoms with Crippen LogP contribution in [-0.4, -0.2) is 29.6 Å². The topological polar surface area (TPSA) is 73.9 Å². The van der Waals surface area contributed by atoms with Gasteiger partial charge in [0.2, 0.25) is 11.5 Å². The van der Waals surface area contributed by atoms with Gasteiger partial charge in [0.25, 0.3) is 0 Å². The summed E-state index contributed by atoms with van der Waals surface area (Å²) < 4.78 is 15.7. The second kappa shape index (κ2) is 2.52. The molecule has 5 nitrogen and oxygen atoms in total. The first-order valence-corrected chi connectivity index (χ1v) is 4.18. The Balaban J connectivity index is 2.30. The van der Waals surface area contributed by atoms with Crippen molar-refractivity contribution in [1.82, 2.24) is 0 Å². The van der Waals surface area contributed by atoms with Crippen molar-refractivity contribution in [3.63, 3.8) is 0 Å². The van der Waals surface area contributed by atoms with Crippen molar-refractivity contribution < 1.29 is 19.3 Å². The first-order valence-electron chi connectivity index (χ1n) is 4.18. The molecule has 74 valence electrons.